The molecule has 3 aromatic heterocycles. The molecule has 0 bridgehead atoms. The fourth-order valence-corrected chi connectivity index (χ4v) is 6.20. The normalized spacial score (nSPS) is 14.9. The predicted molar refractivity (Wildman–Crippen MR) is 168 cm³/mol. The second-order valence-corrected chi connectivity index (χ2v) is 11.8. The number of benzene rings is 2. The van der Waals surface area contributed by atoms with E-state index in [1.807, 2.05) is 30.3 Å². The molecule has 1 aliphatic rings. The fourth-order valence-electron chi connectivity index (χ4n) is 4.82. The number of nitro groups is 1. The standard InChI is InChI=1S/C31H22IN3O7S/c1-3-40-30(37)27-17(2)33-31-34(28(27)25-14-13-24(42-25)19-5-4-6-21(15-19)35(38)39)29(36)26(43-31)16-22-11-12-23(41-22)18-7-9-20(32)10-8-18/h4-16,28H,3H2,1-2H3/b26-16-/t28-/m0/s1. The van der Waals surface area contributed by atoms with Crippen molar-refractivity contribution in [2.45, 2.75) is 19.9 Å². The smallest absolute Gasteiger partial charge is 0.338 e. The number of carbonyl (C=O) groups is 1. The number of carbonyl (C=O) groups excluding carboxylic acids is 1. The minimum atomic E-state index is -0.969. The highest BCUT2D eigenvalue weighted by molar-refractivity contribution is 14.1. The second-order valence-electron chi connectivity index (χ2n) is 9.52. The molecular formula is C31H22IN3O7S. The molecule has 216 valence electrons. The van der Waals surface area contributed by atoms with Crippen LogP contribution in [0.4, 0.5) is 5.69 Å². The summed E-state index contributed by atoms with van der Waals surface area (Å²) in [7, 11) is 0. The van der Waals surface area contributed by atoms with Gasteiger partial charge in [-0.2, -0.15) is 0 Å². The first kappa shape index (κ1) is 28.6. The van der Waals surface area contributed by atoms with Crippen LogP contribution in [0.25, 0.3) is 28.7 Å². The Morgan fingerprint density at radius 1 is 1.09 bits per heavy atom. The fraction of sp³-hybridized carbons (Fsp3) is 0.129. The first-order chi connectivity index (χ1) is 20.7. The maximum atomic E-state index is 13.9. The van der Waals surface area contributed by atoms with E-state index in [0.717, 1.165) is 9.13 Å². The van der Waals surface area contributed by atoms with Crippen LogP contribution in [-0.4, -0.2) is 22.1 Å². The molecule has 0 radical (unpaired) electrons. The molecule has 12 heteroatoms. The van der Waals surface area contributed by atoms with Gasteiger partial charge in [0.2, 0.25) is 0 Å². The number of halogens is 1. The van der Waals surface area contributed by atoms with Gasteiger partial charge in [0.25, 0.3) is 11.2 Å². The average molecular weight is 708 g/mol. The van der Waals surface area contributed by atoms with Crippen molar-refractivity contribution in [3.05, 3.63) is 129 Å². The number of nitro benzene ring substituents is 1. The summed E-state index contributed by atoms with van der Waals surface area (Å²) in [6.45, 7) is 3.50. The van der Waals surface area contributed by atoms with Gasteiger partial charge in [0.15, 0.2) is 4.80 Å². The Bertz CT molecular complexity index is 2100. The van der Waals surface area contributed by atoms with E-state index in [0.29, 0.717) is 37.9 Å². The predicted octanol–water partition coefficient (Wildman–Crippen LogP) is 5.83. The number of ether oxygens (including phenoxy) is 1. The Morgan fingerprint density at radius 2 is 1.84 bits per heavy atom. The van der Waals surface area contributed by atoms with E-state index in [-0.39, 0.29) is 29.2 Å². The summed E-state index contributed by atoms with van der Waals surface area (Å²) in [6.07, 6.45) is 1.65. The highest BCUT2D eigenvalue weighted by Gasteiger charge is 2.35. The topological polar surface area (TPSA) is 130 Å². The molecular weight excluding hydrogens is 685 g/mol. The molecule has 5 aromatic rings. The van der Waals surface area contributed by atoms with Crippen LogP contribution in [0, 0.1) is 13.7 Å². The lowest BCUT2D eigenvalue weighted by Crippen LogP contribution is -2.39. The van der Waals surface area contributed by atoms with Crippen LogP contribution in [0.3, 0.4) is 0 Å². The van der Waals surface area contributed by atoms with Crippen LogP contribution in [0.5, 0.6) is 0 Å². The number of furan rings is 2. The Kier molecular flexibility index (Phi) is 7.71. The van der Waals surface area contributed by atoms with Gasteiger partial charge in [-0.25, -0.2) is 9.79 Å². The lowest BCUT2D eigenvalue weighted by Gasteiger charge is -2.22. The molecule has 0 fully saturated rings. The number of fused-ring (bicyclic) bond motifs is 1. The van der Waals surface area contributed by atoms with Gasteiger partial charge in [-0.1, -0.05) is 35.6 Å². The van der Waals surface area contributed by atoms with E-state index in [1.54, 1.807) is 50.3 Å². The Balaban J connectivity index is 1.45. The van der Waals surface area contributed by atoms with Crippen molar-refractivity contribution in [3.8, 4) is 22.6 Å². The third-order valence-corrected chi connectivity index (χ3v) is 8.49. The summed E-state index contributed by atoms with van der Waals surface area (Å²) in [6, 6.07) is 19.9. The maximum absolute atomic E-state index is 13.9. The van der Waals surface area contributed by atoms with Crippen molar-refractivity contribution in [1.82, 2.24) is 4.57 Å². The lowest BCUT2D eigenvalue weighted by atomic mass is 10.0. The first-order valence-corrected chi connectivity index (χ1v) is 15.0. The quantitative estimate of drug-likeness (QED) is 0.0901. The molecule has 2 aromatic carbocycles. The molecule has 10 nitrogen and oxygen atoms in total. The van der Waals surface area contributed by atoms with Crippen LogP contribution >= 0.6 is 33.9 Å². The van der Waals surface area contributed by atoms with Crippen LogP contribution in [0.1, 0.15) is 31.4 Å². The molecule has 0 amide bonds. The van der Waals surface area contributed by atoms with Gasteiger partial charge in [-0.3, -0.25) is 19.5 Å². The summed E-state index contributed by atoms with van der Waals surface area (Å²) >= 11 is 3.40. The van der Waals surface area contributed by atoms with Crippen molar-refractivity contribution < 1.29 is 23.3 Å². The van der Waals surface area contributed by atoms with Crippen molar-refractivity contribution in [3.63, 3.8) is 0 Å². The number of rotatable bonds is 7. The van der Waals surface area contributed by atoms with Gasteiger partial charge < -0.3 is 13.6 Å². The average Bonchev–Trinajstić information content (AvgIpc) is 3.73. The van der Waals surface area contributed by atoms with Gasteiger partial charge in [-0.15, -0.1) is 0 Å². The number of nitrogens with zero attached hydrogens (tertiary/aromatic N) is 3. The van der Waals surface area contributed by atoms with Crippen LogP contribution < -0.4 is 14.9 Å². The summed E-state index contributed by atoms with van der Waals surface area (Å²) < 4.78 is 20.4. The van der Waals surface area contributed by atoms with Gasteiger partial charge in [0.1, 0.15) is 29.1 Å². The summed E-state index contributed by atoms with van der Waals surface area (Å²) in [5.74, 6) is 1.16. The van der Waals surface area contributed by atoms with E-state index in [2.05, 4.69) is 27.6 Å². The molecule has 0 saturated carbocycles. The number of allylic oxidation sites excluding steroid dienone is 1. The summed E-state index contributed by atoms with van der Waals surface area (Å²) in [5, 5.41) is 11.3. The molecule has 43 heavy (non-hydrogen) atoms. The van der Waals surface area contributed by atoms with Crippen molar-refractivity contribution in [1.29, 1.82) is 0 Å². The van der Waals surface area contributed by atoms with Crippen molar-refractivity contribution in [2.24, 2.45) is 4.99 Å². The number of non-ortho nitro benzene ring substituents is 1. The first-order valence-electron chi connectivity index (χ1n) is 13.1. The van der Waals surface area contributed by atoms with E-state index < -0.39 is 16.9 Å². The third kappa shape index (κ3) is 5.50. The third-order valence-electron chi connectivity index (χ3n) is 6.78. The van der Waals surface area contributed by atoms with E-state index in [4.69, 9.17) is 13.6 Å². The Morgan fingerprint density at radius 3 is 2.58 bits per heavy atom. The molecule has 0 saturated heterocycles. The minimum absolute atomic E-state index is 0.0884. The Labute approximate surface area is 261 Å². The van der Waals surface area contributed by atoms with Crippen LogP contribution in [0.15, 0.2) is 103 Å². The van der Waals surface area contributed by atoms with E-state index in [9.17, 15) is 19.7 Å². The van der Waals surface area contributed by atoms with Crippen LogP contribution in [-0.2, 0) is 9.53 Å². The molecule has 0 unspecified atom stereocenters. The highest BCUT2D eigenvalue weighted by atomic mass is 127. The molecule has 1 aliphatic heterocycles. The van der Waals surface area contributed by atoms with Crippen molar-refractivity contribution in [2.75, 3.05) is 6.61 Å². The number of hydrogen-bond donors (Lipinski definition) is 0. The van der Waals surface area contributed by atoms with E-state index >= 15 is 0 Å². The maximum Gasteiger partial charge on any atom is 0.338 e. The van der Waals surface area contributed by atoms with Gasteiger partial charge in [0.05, 0.1) is 27.3 Å². The number of thiazole rings is 1. The van der Waals surface area contributed by atoms with E-state index in [1.165, 1.54) is 28.0 Å². The highest BCUT2D eigenvalue weighted by Crippen LogP contribution is 2.35. The largest absolute Gasteiger partial charge is 0.463 e. The van der Waals surface area contributed by atoms with Gasteiger partial charge in [-0.05, 0) is 72.8 Å². The Hall–Kier alpha value is -4.56. The lowest BCUT2D eigenvalue weighted by molar-refractivity contribution is -0.384. The van der Waals surface area contributed by atoms with Gasteiger partial charge >= 0.3 is 5.97 Å². The molecule has 0 aliphatic carbocycles. The SMILES string of the molecule is CCOC(=O)C1=C(C)N=c2s/c(=C\c3ccc(-c4ccc(I)cc4)o3)c(=O)n2[C@H]1c1ccc(-c2cccc([N+](=O)[O-])c2)o1. The summed E-state index contributed by atoms with van der Waals surface area (Å²) in [5.41, 5.74) is 1.47. The van der Waals surface area contributed by atoms with Gasteiger partial charge in [0, 0.05) is 32.9 Å². The molecule has 6 rings (SSSR count). The zero-order chi connectivity index (χ0) is 30.2. The number of esters is 1. The molecule has 0 N–H and O–H groups in total. The summed E-state index contributed by atoms with van der Waals surface area (Å²) in [4.78, 5) is 42.8. The number of hydrogen-bond acceptors (Lipinski definition) is 9. The minimum Gasteiger partial charge on any atom is -0.463 e. The zero-order valence-corrected chi connectivity index (χ0v) is 25.7. The second kappa shape index (κ2) is 11.6. The molecule has 4 heterocycles. The molecule has 1 atom stereocenters. The number of aromatic nitrogens is 1. The monoisotopic (exact) mass is 707 g/mol. The molecule has 0 spiro atoms. The van der Waals surface area contributed by atoms with Crippen molar-refractivity contribution >= 4 is 51.7 Å². The zero-order valence-electron chi connectivity index (χ0n) is 22.8. The van der Waals surface area contributed by atoms with Crippen LogP contribution in [0.2, 0.25) is 0 Å².